The van der Waals surface area contributed by atoms with E-state index in [0.717, 1.165) is 51.4 Å². The van der Waals surface area contributed by atoms with E-state index in [4.69, 9.17) is 13.8 Å². The number of allylic oxidation sites excluding steroid dienone is 5. The van der Waals surface area contributed by atoms with Crippen molar-refractivity contribution in [2.75, 3.05) is 40.9 Å². The van der Waals surface area contributed by atoms with E-state index in [2.05, 4.69) is 44.3 Å². The molecule has 418 valence electrons. The van der Waals surface area contributed by atoms with E-state index in [1.807, 2.05) is 39.4 Å². The smallest absolute Gasteiger partial charge is 0.306 e. The van der Waals surface area contributed by atoms with Gasteiger partial charge in [-0.05, 0) is 51.0 Å². The number of rotatable bonds is 55. The summed E-state index contributed by atoms with van der Waals surface area (Å²) in [5, 5.41) is 3.02. The van der Waals surface area contributed by atoms with Crippen molar-refractivity contribution in [1.29, 1.82) is 0 Å². The molecule has 71 heavy (non-hydrogen) atoms. The monoisotopic (exact) mass is 1020 g/mol. The third kappa shape index (κ3) is 52.9. The van der Waals surface area contributed by atoms with Crippen molar-refractivity contribution in [1.82, 2.24) is 5.32 Å². The summed E-state index contributed by atoms with van der Waals surface area (Å²) < 4.78 is 30.2. The zero-order chi connectivity index (χ0) is 52.2. The number of quaternary nitrogens is 1. The highest BCUT2D eigenvalue weighted by Crippen LogP contribution is 2.38. The molecule has 3 unspecified atom stereocenters. The van der Waals surface area contributed by atoms with E-state index in [0.29, 0.717) is 23.9 Å². The van der Waals surface area contributed by atoms with Crippen LogP contribution in [-0.2, 0) is 27.9 Å². The Hall–Kier alpha value is -1.77. The van der Waals surface area contributed by atoms with E-state index in [-0.39, 0.29) is 18.9 Å². The van der Waals surface area contributed by atoms with Gasteiger partial charge in [-0.25, -0.2) is 0 Å². The molecule has 0 aliphatic rings. The maximum Gasteiger partial charge on any atom is 0.306 e. The topological polar surface area (TPSA) is 114 Å². The Balaban J connectivity index is 5.31. The van der Waals surface area contributed by atoms with Crippen LogP contribution in [0.15, 0.2) is 36.5 Å². The van der Waals surface area contributed by atoms with Crippen molar-refractivity contribution >= 4 is 19.7 Å². The summed E-state index contributed by atoms with van der Waals surface area (Å²) in [6.45, 7) is 6.83. The minimum Gasteiger partial charge on any atom is -0.756 e. The molecule has 0 aromatic heterocycles. The third-order valence-corrected chi connectivity index (χ3v) is 14.6. The first-order valence-electron chi connectivity index (χ1n) is 30.3. The molecular formula is C61H117N2O7P. The van der Waals surface area contributed by atoms with Crippen LogP contribution in [0.5, 0.6) is 0 Å². The summed E-state index contributed by atoms with van der Waals surface area (Å²) >= 11 is 0. The number of amides is 1. The highest BCUT2D eigenvalue weighted by molar-refractivity contribution is 7.45. The number of unbranched alkanes of at least 4 members (excludes halogenated alkanes) is 35. The predicted molar refractivity (Wildman–Crippen MR) is 303 cm³/mol. The lowest BCUT2D eigenvalue weighted by atomic mass is 10.0. The molecule has 10 heteroatoms. The quantitative estimate of drug-likeness (QED) is 0.0212. The molecule has 0 aliphatic carbocycles. The molecule has 0 aromatic rings. The molecule has 0 bridgehead atoms. The average Bonchev–Trinajstić information content (AvgIpc) is 3.33. The SMILES string of the molecule is CCCCCCCC/C=C\C/C=C/CCC(=O)OC(/C=C/CCCCCCCCCCCCC)C(COP(=O)([O-])OCC[N+](C)(C)C)NC(=O)CCCCCCCCCCCCCCCCCCCCC. The van der Waals surface area contributed by atoms with Crippen LogP contribution in [0.3, 0.4) is 0 Å². The van der Waals surface area contributed by atoms with E-state index in [9.17, 15) is 19.0 Å². The van der Waals surface area contributed by atoms with Gasteiger partial charge in [-0.15, -0.1) is 0 Å². The Labute approximate surface area is 440 Å². The number of phosphoric ester groups is 1. The molecule has 0 fully saturated rings. The van der Waals surface area contributed by atoms with Gasteiger partial charge in [0, 0.05) is 12.8 Å². The predicted octanol–water partition coefficient (Wildman–Crippen LogP) is 17.7. The first kappa shape index (κ1) is 69.2. The van der Waals surface area contributed by atoms with Gasteiger partial charge < -0.3 is 28.5 Å². The fourth-order valence-corrected chi connectivity index (χ4v) is 9.59. The van der Waals surface area contributed by atoms with Crippen molar-refractivity contribution in [3.05, 3.63) is 36.5 Å². The Bertz CT molecular complexity index is 1310. The highest BCUT2D eigenvalue weighted by Gasteiger charge is 2.27. The molecule has 1 N–H and O–H groups in total. The molecule has 0 saturated heterocycles. The van der Waals surface area contributed by atoms with Gasteiger partial charge in [-0.3, -0.25) is 14.2 Å². The van der Waals surface area contributed by atoms with Crippen LogP contribution in [0.4, 0.5) is 0 Å². The van der Waals surface area contributed by atoms with Crippen molar-refractivity contribution in [2.24, 2.45) is 0 Å². The number of phosphoric acid groups is 1. The van der Waals surface area contributed by atoms with E-state index >= 15 is 0 Å². The number of carbonyl (C=O) groups excluding carboxylic acids is 2. The molecule has 1 amide bonds. The maximum absolute atomic E-state index is 13.5. The highest BCUT2D eigenvalue weighted by atomic mass is 31.2. The van der Waals surface area contributed by atoms with Crippen LogP contribution >= 0.6 is 7.82 Å². The van der Waals surface area contributed by atoms with Crippen molar-refractivity contribution in [2.45, 2.75) is 303 Å². The third-order valence-electron chi connectivity index (χ3n) is 13.6. The van der Waals surface area contributed by atoms with Gasteiger partial charge in [0.15, 0.2) is 0 Å². The molecule has 0 aromatic carbocycles. The molecule has 0 heterocycles. The summed E-state index contributed by atoms with van der Waals surface area (Å²) in [5.74, 6) is -0.607. The number of nitrogens with zero attached hydrogens (tertiary/aromatic N) is 1. The van der Waals surface area contributed by atoms with Gasteiger partial charge in [-0.1, -0.05) is 263 Å². The first-order valence-corrected chi connectivity index (χ1v) is 31.8. The minimum atomic E-state index is -4.70. The second kappa shape index (κ2) is 51.7. The lowest BCUT2D eigenvalue weighted by Gasteiger charge is -2.30. The summed E-state index contributed by atoms with van der Waals surface area (Å²) in [6, 6.07) is -0.906. The molecular weight excluding hydrogens is 904 g/mol. The number of ether oxygens (including phenoxy) is 1. The molecule has 0 spiro atoms. The van der Waals surface area contributed by atoms with Gasteiger partial charge >= 0.3 is 5.97 Å². The van der Waals surface area contributed by atoms with Gasteiger partial charge in [0.2, 0.25) is 5.91 Å². The van der Waals surface area contributed by atoms with E-state index < -0.39 is 32.5 Å². The van der Waals surface area contributed by atoms with E-state index in [1.165, 1.54) is 199 Å². The lowest BCUT2D eigenvalue weighted by Crippen LogP contribution is -2.47. The second-order valence-corrected chi connectivity index (χ2v) is 23.3. The number of hydrogen-bond acceptors (Lipinski definition) is 7. The zero-order valence-electron chi connectivity index (χ0n) is 47.7. The maximum atomic E-state index is 13.5. The molecule has 0 aliphatic heterocycles. The van der Waals surface area contributed by atoms with Crippen LogP contribution in [0.25, 0.3) is 0 Å². The average molecular weight is 1020 g/mol. The first-order chi connectivity index (χ1) is 34.4. The lowest BCUT2D eigenvalue weighted by molar-refractivity contribution is -0.870. The Morgan fingerprint density at radius 3 is 1.30 bits per heavy atom. The Kier molecular flexibility index (Phi) is 50.4. The standard InChI is InChI=1S/C61H117N2O7P/c1-7-10-13-16-19-22-25-28-29-30-31-32-33-36-38-41-44-47-50-53-60(64)62-58(57-69-71(66,67)68-56-55-63(4,5)6)59(52-49-46-43-40-37-34-26-23-20-17-14-11-8-2)70-61(65)54-51-48-45-42-39-35-27-24-21-18-15-12-9-3/h35,39,45,48-49,52,58-59H,7-34,36-38,40-44,46-47,50-51,53-57H2,1-6H3,(H-,62,64,66,67)/b39-35-,48-45+,52-49+. The van der Waals surface area contributed by atoms with Crippen LogP contribution in [-0.4, -0.2) is 69.4 Å². The fraction of sp³-hybridized carbons (Fsp3) is 0.869. The zero-order valence-corrected chi connectivity index (χ0v) is 48.6. The van der Waals surface area contributed by atoms with Gasteiger partial charge in [0.05, 0.1) is 33.8 Å². The molecule has 3 atom stereocenters. The number of likely N-dealkylation sites (N-methyl/N-ethyl adjacent to an activating group) is 1. The van der Waals surface area contributed by atoms with Gasteiger partial charge in [0.1, 0.15) is 19.3 Å². The minimum absolute atomic E-state index is 0.0274. The molecule has 0 rings (SSSR count). The van der Waals surface area contributed by atoms with Crippen molar-refractivity contribution in [3.8, 4) is 0 Å². The fourth-order valence-electron chi connectivity index (χ4n) is 8.87. The van der Waals surface area contributed by atoms with Gasteiger partial charge in [-0.2, -0.15) is 0 Å². The summed E-state index contributed by atoms with van der Waals surface area (Å²) in [7, 11) is 1.17. The largest absolute Gasteiger partial charge is 0.756 e. The summed E-state index contributed by atoms with van der Waals surface area (Å²) in [4.78, 5) is 39.9. The number of esters is 1. The number of carbonyl (C=O) groups is 2. The molecule has 0 saturated carbocycles. The van der Waals surface area contributed by atoms with Crippen LogP contribution in [0.1, 0.15) is 290 Å². The van der Waals surface area contributed by atoms with Crippen molar-refractivity contribution < 1.29 is 37.3 Å². The van der Waals surface area contributed by atoms with Crippen LogP contribution in [0, 0.1) is 0 Å². The Morgan fingerprint density at radius 1 is 0.493 bits per heavy atom. The molecule has 0 radical (unpaired) electrons. The normalized spacial score (nSPS) is 14.0. The summed E-state index contributed by atoms with van der Waals surface area (Å²) in [5.41, 5.74) is 0. The summed E-state index contributed by atoms with van der Waals surface area (Å²) in [6.07, 6.45) is 61.2. The van der Waals surface area contributed by atoms with Crippen LogP contribution < -0.4 is 10.2 Å². The molecule has 9 nitrogen and oxygen atoms in total. The second-order valence-electron chi connectivity index (χ2n) is 21.9. The Morgan fingerprint density at radius 2 is 0.873 bits per heavy atom. The number of nitrogens with one attached hydrogen (secondary N) is 1. The van der Waals surface area contributed by atoms with Crippen molar-refractivity contribution in [3.63, 3.8) is 0 Å². The van der Waals surface area contributed by atoms with Crippen LogP contribution in [0.2, 0.25) is 0 Å². The van der Waals surface area contributed by atoms with E-state index in [1.54, 1.807) is 0 Å². The number of hydrogen-bond donors (Lipinski definition) is 1. The van der Waals surface area contributed by atoms with Gasteiger partial charge in [0.25, 0.3) is 7.82 Å².